The molecule has 2 rings (SSSR count). The van der Waals surface area contributed by atoms with Gasteiger partial charge in [0.05, 0.1) is 11.8 Å². The number of sulfone groups is 1. The van der Waals surface area contributed by atoms with E-state index in [-0.39, 0.29) is 5.56 Å². The zero-order chi connectivity index (χ0) is 22.3. The summed E-state index contributed by atoms with van der Waals surface area (Å²) in [6, 6.07) is 3.00. The second-order valence-electron chi connectivity index (χ2n) is 8.48. The van der Waals surface area contributed by atoms with Crippen LogP contribution in [0.3, 0.4) is 0 Å². The monoisotopic (exact) mass is 511 g/mol. The minimum atomic E-state index is -4.39. The number of hydrogen-bond donors (Lipinski definition) is 1. The lowest BCUT2D eigenvalue weighted by molar-refractivity contribution is 0.384. The smallest absolute Gasteiger partial charge is 0.218 e. The molecule has 0 radical (unpaired) electrons. The summed E-state index contributed by atoms with van der Waals surface area (Å²) in [7, 11) is -4.39. The molecule has 3 atom stereocenters. The molecule has 0 aliphatic heterocycles. The van der Waals surface area contributed by atoms with Gasteiger partial charge in [-0.1, -0.05) is 0 Å². The molecule has 1 aliphatic carbocycles. The highest BCUT2D eigenvalue weighted by Gasteiger charge is 2.58. The SMILES string of the molecule is CC(CS(=O)(=O)C(C#N)(CF)C1CC1)(N[S+]([O-])C(C)(C)C)c1cc(Br)cnc1F. The molecule has 11 heteroatoms. The number of aromatic nitrogens is 1. The van der Waals surface area contributed by atoms with Crippen LogP contribution in [0.1, 0.15) is 46.1 Å². The van der Waals surface area contributed by atoms with Crippen LogP contribution in [0.2, 0.25) is 0 Å². The van der Waals surface area contributed by atoms with Gasteiger partial charge in [-0.15, -0.1) is 4.72 Å². The van der Waals surface area contributed by atoms with Crippen LogP contribution < -0.4 is 4.72 Å². The molecular weight excluding hydrogens is 488 g/mol. The molecule has 1 aromatic heterocycles. The number of halogens is 3. The van der Waals surface area contributed by atoms with Crippen molar-refractivity contribution in [3.05, 3.63) is 28.2 Å². The zero-order valence-corrected chi connectivity index (χ0v) is 19.8. The van der Waals surface area contributed by atoms with Crippen LogP contribution in [0.5, 0.6) is 0 Å². The molecule has 29 heavy (non-hydrogen) atoms. The van der Waals surface area contributed by atoms with Crippen LogP contribution >= 0.6 is 15.9 Å². The van der Waals surface area contributed by atoms with Crippen LogP contribution in [0.25, 0.3) is 0 Å². The van der Waals surface area contributed by atoms with Crippen molar-refractivity contribution in [3.8, 4) is 6.07 Å². The van der Waals surface area contributed by atoms with Crippen LogP contribution in [0, 0.1) is 23.2 Å². The first-order chi connectivity index (χ1) is 13.2. The number of nitrogens with one attached hydrogen (secondary N) is 1. The molecule has 1 fully saturated rings. The third kappa shape index (κ3) is 4.93. The van der Waals surface area contributed by atoms with E-state index < -0.39 is 60.5 Å². The van der Waals surface area contributed by atoms with Gasteiger partial charge in [0.25, 0.3) is 0 Å². The van der Waals surface area contributed by atoms with E-state index in [0.29, 0.717) is 17.3 Å². The van der Waals surface area contributed by atoms with E-state index in [1.165, 1.54) is 19.2 Å². The Morgan fingerprint density at radius 1 is 1.41 bits per heavy atom. The van der Waals surface area contributed by atoms with Crippen LogP contribution in [0.15, 0.2) is 16.7 Å². The van der Waals surface area contributed by atoms with Crippen molar-refractivity contribution < 1.29 is 21.8 Å². The summed E-state index contributed by atoms with van der Waals surface area (Å²) in [5.41, 5.74) is -1.86. The summed E-state index contributed by atoms with van der Waals surface area (Å²) in [6.45, 7) is 5.03. The van der Waals surface area contributed by atoms with Gasteiger partial charge in [0, 0.05) is 27.6 Å². The lowest BCUT2D eigenvalue weighted by atomic mass is 9.97. The molecule has 0 bridgehead atoms. The quantitative estimate of drug-likeness (QED) is 0.423. The maximum Gasteiger partial charge on any atom is 0.218 e. The topological polar surface area (TPSA) is 106 Å². The predicted molar refractivity (Wildman–Crippen MR) is 111 cm³/mol. The molecule has 1 aliphatic rings. The fourth-order valence-electron chi connectivity index (χ4n) is 3.02. The van der Waals surface area contributed by atoms with Gasteiger partial charge >= 0.3 is 0 Å². The normalized spacial score (nSPS) is 20.4. The van der Waals surface area contributed by atoms with Crippen LogP contribution in [0.4, 0.5) is 8.78 Å². The highest BCUT2D eigenvalue weighted by atomic mass is 79.9. The van der Waals surface area contributed by atoms with Crippen molar-refractivity contribution in [1.82, 2.24) is 9.71 Å². The molecule has 1 saturated carbocycles. The van der Waals surface area contributed by atoms with Gasteiger partial charge in [-0.25, -0.2) is 17.8 Å². The molecule has 0 spiro atoms. The van der Waals surface area contributed by atoms with Gasteiger partial charge in [-0.3, -0.25) is 0 Å². The number of alkyl halides is 1. The molecular formula is C18H24BrF2N3O3S2. The van der Waals surface area contributed by atoms with Gasteiger partial charge in [0.2, 0.25) is 5.95 Å². The first kappa shape index (κ1) is 24.5. The van der Waals surface area contributed by atoms with Crippen molar-refractivity contribution in [3.63, 3.8) is 0 Å². The Balaban J connectivity index is 2.59. The molecule has 1 N–H and O–H groups in total. The Labute approximate surface area is 181 Å². The molecule has 0 amide bonds. The highest BCUT2D eigenvalue weighted by molar-refractivity contribution is 9.10. The number of hydrogen-bond acceptors (Lipinski definition) is 6. The molecule has 1 aromatic rings. The number of nitrogens with zero attached hydrogens (tertiary/aromatic N) is 2. The highest BCUT2D eigenvalue weighted by Crippen LogP contribution is 2.46. The largest absolute Gasteiger partial charge is 0.598 e. The van der Waals surface area contributed by atoms with E-state index in [1.54, 1.807) is 26.8 Å². The molecule has 162 valence electrons. The number of pyridine rings is 1. The third-order valence-corrected chi connectivity index (χ3v) is 9.72. The van der Waals surface area contributed by atoms with Gasteiger partial charge in [0.1, 0.15) is 17.0 Å². The van der Waals surface area contributed by atoms with Crippen LogP contribution in [-0.4, -0.2) is 39.9 Å². The Morgan fingerprint density at radius 3 is 2.45 bits per heavy atom. The van der Waals surface area contributed by atoms with E-state index in [2.05, 4.69) is 25.6 Å². The molecule has 3 unspecified atom stereocenters. The molecule has 6 nitrogen and oxygen atoms in total. The minimum Gasteiger partial charge on any atom is -0.598 e. The second-order valence-corrected chi connectivity index (χ2v) is 13.6. The molecule has 0 saturated heterocycles. The summed E-state index contributed by atoms with van der Waals surface area (Å²) in [4.78, 5) is 3.61. The van der Waals surface area contributed by atoms with Crippen molar-refractivity contribution in [1.29, 1.82) is 5.26 Å². The average molecular weight is 512 g/mol. The van der Waals surface area contributed by atoms with E-state index in [0.717, 1.165) is 0 Å². The summed E-state index contributed by atoms with van der Waals surface area (Å²) in [6.07, 6.45) is 2.07. The van der Waals surface area contributed by atoms with Gasteiger partial charge in [-0.2, -0.15) is 9.65 Å². The van der Waals surface area contributed by atoms with Gasteiger partial charge in [-0.05, 0) is 68.5 Å². The van der Waals surface area contributed by atoms with E-state index in [9.17, 15) is 27.0 Å². The van der Waals surface area contributed by atoms with Crippen molar-refractivity contribution in [2.75, 3.05) is 12.4 Å². The fraction of sp³-hybridized carbons (Fsp3) is 0.667. The van der Waals surface area contributed by atoms with E-state index >= 15 is 0 Å². The van der Waals surface area contributed by atoms with E-state index in [4.69, 9.17) is 0 Å². The molecule has 1 heterocycles. The maximum absolute atomic E-state index is 14.6. The van der Waals surface area contributed by atoms with Crippen LogP contribution in [-0.2, 0) is 26.7 Å². The first-order valence-corrected chi connectivity index (χ1v) is 12.5. The third-order valence-electron chi connectivity index (χ3n) is 4.93. The van der Waals surface area contributed by atoms with Gasteiger partial charge < -0.3 is 4.55 Å². The van der Waals surface area contributed by atoms with Gasteiger partial charge in [0.15, 0.2) is 14.6 Å². The number of rotatable bonds is 8. The van der Waals surface area contributed by atoms with E-state index in [1.807, 2.05) is 0 Å². The summed E-state index contributed by atoms with van der Waals surface area (Å²) in [5, 5.41) is 9.56. The number of nitriles is 1. The Bertz CT molecular complexity index is 916. The lowest BCUT2D eigenvalue weighted by Gasteiger charge is -2.36. The van der Waals surface area contributed by atoms with Crippen molar-refractivity contribution in [2.24, 2.45) is 5.92 Å². The Hall–Kier alpha value is -0.800. The maximum atomic E-state index is 14.6. The Morgan fingerprint density at radius 2 is 2.00 bits per heavy atom. The summed E-state index contributed by atoms with van der Waals surface area (Å²) < 4.78 is 67.9. The lowest BCUT2D eigenvalue weighted by Crippen LogP contribution is -2.56. The minimum absolute atomic E-state index is 0.144. The second kappa shape index (κ2) is 8.38. The van der Waals surface area contributed by atoms with Crippen molar-refractivity contribution >= 4 is 37.1 Å². The standard InChI is InChI=1S/C18H24BrF2N3O3S2/c1-16(2,3)28(25)24-17(4,14-7-13(19)8-23-15(14)21)11-29(26,27)18(9-20,10-22)12-5-6-12/h7-8,12,24H,5-6,9,11H2,1-4H3. The zero-order valence-electron chi connectivity index (χ0n) is 16.6. The van der Waals surface area contributed by atoms with Crippen molar-refractivity contribution in [2.45, 2.75) is 55.6 Å². The molecule has 0 aromatic carbocycles. The predicted octanol–water partition coefficient (Wildman–Crippen LogP) is 3.31. The summed E-state index contributed by atoms with van der Waals surface area (Å²) in [5.74, 6) is -2.37. The summed E-state index contributed by atoms with van der Waals surface area (Å²) >= 11 is 1.40. The first-order valence-electron chi connectivity index (χ1n) is 8.93. The Kier molecular flexibility index (Phi) is 7.07. The average Bonchev–Trinajstić information content (AvgIpc) is 3.42. The fourth-order valence-corrected chi connectivity index (χ4v) is 6.64.